The minimum atomic E-state index is 0. The van der Waals surface area contributed by atoms with Crippen molar-refractivity contribution in [1.29, 1.82) is 0 Å². The second-order valence-electron chi connectivity index (χ2n) is 0. The fourth-order valence-corrected chi connectivity index (χ4v) is 0. The van der Waals surface area contributed by atoms with Crippen LogP contribution in [0.4, 0.5) is 0 Å². The van der Waals surface area contributed by atoms with Gasteiger partial charge in [-0.3, -0.25) is 0 Å². The van der Waals surface area contributed by atoms with Gasteiger partial charge in [-0.25, -0.2) is 0 Å². The molecule has 0 bridgehead atoms. The first-order valence-electron chi connectivity index (χ1n) is 0. The van der Waals surface area contributed by atoms with Gasteiger partial charge in [-0.1, -0.05) is 0 Å². The second-order valence-corrected chi connectivity index (χ2v) is 0. The van der Waals surface area contributed by atoms with Crippen LogP contribution >= 0.6 is 13.5 Å². The van der Waals surface area contributed by atoms with Gasteiger partial charge in [-0.05, 0) is 0 Å². The Bertz CT molecular complexity index is 8.00. The van der Waals surface area contributed by atoms with Crippen molar-refractivity contribution >= 4 is 88.2 Å². The van der Waals surface area contributed by atoms with Crippen LogP contribution in [0.15, 0.2) is 0 Å². The van der Waals surface area contributed by atoms with Crippen molar-refractivity contribution in [3.8, 4) is 0 Å². The van der Waals surface area contributed by atoms with E-state index in [2.05, 4.69) is 0 Å². The molecule has 0 aromatic rings. The predicted molar refractivity (Wildman–Crippen MR) is 28.9 cm³/mol. The van der Waals surface area contributed by atoms with E-state index < -0.39 is 0 Å². The Morgan fingerprint density at radius 2 is 1.00 bits per heavy atom. The molecule has 0 saturated carbocycles. The van der Waals surface area contributed by atoms with Gasteiger partial charge in [0.15, 0.2) is 0 Å². The molecular weight excluding hydrogens is 350 g/mol. The molecule has 0 radical (unpaired) electrons. The van der Waals surface area contributed by atoms with Gasteiger partial charge in [0.2, 0.25) is 0 Å². The van der Waals surface area contributed by atoms with Crippen LogP contribution in [0, 0.1) is 0 Å². The summed E-state index contributed by atoms with van der Waals surface area (Å²) in [6.45, 7) is 0. The van der Waals surface area contributed by atoms with E-state index in [-0.39, 0.29) is 108 Å². The Morgan fingerprint density at radius 1 is 1.00 bits per heavy atom. The molecule has 0 amide bonds. The molecule has 0 saturated heterocycles. The zero-order chi connectivity index (χ0) is 0. The fraction of sp³-hybridized carbons (Fsp3) is 0. The summed E-state index contributed by atoms with van der Waals surface area (Å²) in [5, 5.41) is 0. The van der Waals surface area contributed by atoms with E-state index in [0.29, 0.717) is 0 Å². The van der Waals surface area contributed by atoms with Gasteiger partial charge in [-0.2, -0.15) is 13.5 Å². The zero-order valence-corrected chi connectivity index (χ0v) is 5.17. The van der Waals surface area contributed by atoms with Crippen LogP contribution in [-0.4, -0.2) is 74.7 Å². The summed E-state index contributed by atoms with van der Waals surface area (Å²) in [6, 6.07) is 0. The van der Waals surface area contributed by atoms with Crippen LogP contribution in [0.3, 0.4) is 0 Å². The van der Waals surface area contributed by atoms with Crippen LogP contribution in [0.2, 0.25) is 0 Å². The van der Waals surface area contributed by atoms with Gasteiger partial charge in [0, 0.05) is 19.5 Å². The van der Waals surface area contributed by atoms with Gasteiger partial charge in [0.05, 0.1) is 0 Å². The van der Waals surface area contributed by atoms with Gasteiger partial charge >= 0.3 is 74.7 Å². The van der Waals surface area contributed by atoms with Gasteiger partial charge < -0.3 is 0 Å². The third-order valence-electron chi connectivity index (χ3n) is 0. The van der Waals surface area contributed by atoms with Crippen molar-refractivity contribution in [2.24, 2.45) is 0 Å². The topological polar surface area (TPSA) is 0 Å². The molecule has 0 fully saturated rings. The quantitative estimate of drug-likeness (QED) is 0.441. The average Bonchev–Trinajstić information content (AvgIpc) is 0. The molecule has 4 heteroatoms. The fourth-order valence-electron chi connectivity index (χ4n) is 0. The minimum Gasteiger partial charge on any atom is 0 e. The molecule has 0 unspecified atom stereocenters. The second kappa shape index (κ2) is 16.1. The summed E-state index contributed by atoms with van der Waals surface area (Å²) >= 11 is 0. The largest absolute Gasteiger partial charge is 0 e. The van der Waals surface area contributed by atoms with E-state index >= 15 is 0 Å². The molecular formula is H7BaInSZn. The van der Waals surface area contributed by atoms with E-state index in [0.717, 1.165) is 0 Å². The summed E-state index contributed by atoms with van der Waals surface area (Å²) in [4.78, 5) is 0. The predicted octanol–water partition coefficient (Wildman–Crippen LogP) is -1.99. The van der Waals surface area contributed by atoms with Crippen LogP contribution in [0.1, 0.15) is 0 Å². The van der Waals surface area contributed by atoms with Gasteiger partial charge in [0.1, 0.15) is 0 Å². The summed E-state index contributed by atoms with van der Waals surface area (Å²) in [6.07, 6.45) is 0. The maximum Gasteiger partial charge on any atom is 0 e. The van der Waals surface area contributed by atoms with Crippen molar-refractivity contribution in [2.45, 2.75) is 0 Å². The van der Waals surface area contributed by atoms with Crippen LogP contribution in [-0.2, 0) is 19.5 Å². The molecule has 0 N–H and O–H groups in total. The molecule has 0 heterocycles. The first-order valence-corrected chi connectivity index (χ1v) is 0. The SMILES string of the molecule is S.[BaH2].[InH3].[Zn]. The Morgan fingerprint density at radius 3 is 1.00 bits per heavy atom. The Labute approximate surface area is 105 Å². The van der Waals surface area contributed by atoms with E-state index in [9.17, 15) is 0 Å². The van der Waals surface area contributed by atoms with Crippen LogP contribution < -0.4 is 0 Å². The standard InChI is InChI=1S/Ba.In.H2S.Zn.5H/h;;1H2;;;;;;. The Balaban J connectivity index is 0. The van der Waals surface area contributed by atoms with Crippen LogP contribution in [0.5, 0.6) is 0 Å². The molecule has 20 valence electrons. The summed E-state index contributed by atoms with van der Waals surface area (Å²) in [7, 11) is 0. The van der Waals surface area contributed by atoms with Gasteiger partial charge in [-0.15, -0.1) is 0 Å². The molecule has 0 nitrogen and oxygen atoms in total. The maximum absolute atomic E-state index is 0. The first-order chi connectivity index (χ1) is 0. The van der Waals surface area contributed by atoms with E-state index in [1.54, 1.807) is 0 Å². The number of hydrogen-bond acceptors (Lipinski definition) is 0. The molecule has 0 rings (SSSR count). The molecule has 0 aliphatic carbocycles. The smallest absolute Gasteiger partial charge is 0 e. The van der Waals surface area contributed by atoms with E-state index in [1.165, 1.54) is 0 Å². The number of hydrogen-bond donors (Lipinski definition) is 0. The van der Waals surface area contributed by atoms with E-state index in [1.807, 2.05) is 0 Å². The van der Waals surface area contributed by atoms with Crippen molar-refractivity contribution in [2.75, 3.05) is 0 Å². The molecule has 0 aromatic carbocycles. The molecule has 0 aliphatic heterocycles. The minimum absolute atomic E-state index is 0. The first kappa shape index (κ1) is 26.2. The zero-order valence-electron chi connectivity index (χ0n) is 1.21. The number of rotatable bonds is 0. The molecule has 0 spiro atoms. The maximum atomic E-state index is 0. The third kappa shape index (κ3) is 9.05. The monoisotopic (exact) mass is 356 g/mol. The summed E-state index contributed by atoms with van der Waals surface area (Å²) in [5.74, 6) is 0. The average molecular weight is 357 g/mol. The van der Waals surface area contributed by atoms with Gasteiger partial charge in [0.25, 0.3) is 0 Å². The normalized spacial score (nSPS) is 0. The molecule has 4 heavy (non-hydrogen) atoms. The summed E-state index contributed by atoms with van der Waals surface area (Å²) in [5.41, 5.74) is 0. The molecule has 0 aliphatic rings. The Hall–Kier alpha value is 3.41. The third-order valence-corrected chi connectivity index (χ3v) is 0. The molecule has 0 aromatic heterocycles. The van der Waals surface area contributed by atoms with Crippen LogP contribution in [0.25, 0.3) is 0 Å². The van der Waals surface area contributed by atoms with Crippen molar-refractivity contribution in [1.82, 2.24) is 0 Å². The van der Waals surface area contributed by atoms with E-state index in [4.69, 9.17) is 0 Å². The van der Waals surface area contributed by atoms with Crippen molar-refractivity contribution < 1.29 is 19.5 Å². The van der Waals surface area contributed by atoms with Crippen molar-refractivity contribution in [3.05, 3.63) is 0 Å². The molecule has 0 atom stereocenters. The van der Waals surface area contributed by atoms with Crippen molar-refractivity contribution in [3.63, 3.8) is 0 Å². The summed E-state index contributed by atoms with van der Waals surface area (Å²) < 4.78 is 0. The Kier molecular flexibility index (Phi) is 106.